The number of aromatic nitrogens is 2. The van der Waals surface area contributed by atoms with E-state index in [1.165, 1.54) is 12.4 Å². The number of hydrogen-bond acceptors (Lipinski definition) is 4. The lowest BCUT2D eigenvalue weighted by Crippen LogP contribution is -2.15. The van der Waals surface area contributed by atoms with Crippen LogP contribution < -0.4 is 10.6 Å². The molecule has 0 unspecified atom stereocenters. The molecule has 0 saturated carbocycles. The molecule has 3 aromatic rings. The van der Waals surface area contributed by atoms with E-state index in [-0.39, 0.29) is 11.4 Å². The third kappa shape index (κ3) is 4.25. The topological polar surface area (TPSA) is 66.9 Å². The monoisotopic (exact) mass is 394 g/mol. The number of nitrogens with zero attached hydrogens (tertiary/aromatic N) is 2. The molecule has 1 heterocycles. The standard InChI is InChI=1S/C17H10Cl2F2N4O/c18-11-3-2-10(6-12(11)19)24-16-8-22-15(7-23-16)17(26)25-14-4-1-9(20)5-13(14)21/h1-8H,(H,23,24)(H,25,26). The molecule has 0 aliphatic carbocycles. The van der Waals surface area contributed by atoms with Gasteiger partial charge >= 0.3 is 0 Å². The van der Waals surface area contributed by atoms with Gasteiger partial charge in [0.05, 0.1) is 28.1 Å². The van der Waals surface area contributed by atoms with Crippen LogP contribution in [0.15, 0.2) is 48.8 Å². The molecule has 2 N–H and O–H groups in total. The Kier molecular flexibility index (Phi) is 5.29. The van der Waals surface area contributed by atoms with E-state index in [2.05, 4.69) is 20.6 Å². The Morgan fingerprint density at radius 2 is 1.77 bits per heavy atom. The lowest BCUT2D eigenvalue weighted by Gasteiger charge is -2.08. The highest BCUT2D eigenvalue weighted by Crippen LogP contribution is 2.26. The number of nitrogens with one attached hydrogen (secondary N) is 2. The molecule has 0 fully saturated rings. The molecular weight excluding hydrogens is 385 g/mol. The molecule has 0 bridgehead atoms. The van der Waals surface area contributed by atoms with Crippen molar-refractivity contribution in [3.8, 4) is 0 Å². The van der Waals surface area contributed by atoms with Crippen molar-refractivity contribution in [2.24, 2.45) is 0 Å². The second-order valence-corrected chi connectivity index (χ2v) is 5.93. The number of anilines is 3. The van der Waals surface area contributed by atoms with E-state index in [9.17, 15) is 13.6 Å². The van der Waals surface area contributed by atoms with Crippen LogP contribution in [0.25, 0.3) is 0 Å². The summed E-state index contributed by atoms with van der Waals surface area (Å²) < 4.78 is 26.5. The van der Waals surface area contributed by atoms with E-state index in [1.54, 1.807) is 18.2 Å². The first kappa shape index (κ1) is 18.0. The van der Waals surface area contributed by atoms with Gasteiger partial charge in [0.1, 0.15) is 23.1 Å². The normalized spacial score (nSPS) is 10.5. The van der Waals surface area contributed by atoms with Gasteiger partial charge in [0.2, 0.25) is 0 Å². The van der Waals surface area contributed by atoms with E-state index in [4.69, 9.17) is 23.2 Å². The predicted molar refractivity (Wildman–Crippen MR) is 96.1 cm³/mol. The highest BCUT2D eigenvalue weighted by molar-refractivity contribution is 6.42. The number of halogens is 4. The van der Waals surface area contributed by atoms with Gasteiger partial charge in [-0.05, 0) is 30.3 Å². The summed E-state index contributed by atoms with van der Waals surface area (Å²) in [5.41, 5.74) is 0.448. The van der Waals surface area contributed by atoms with E-state index >= 15 is 0 Å². The fourth-order valence-corrected chi connectivity index (χ4v) is 2.31. The summed E-state index contributed by atoms with van der Waals surface area (Å²) in [6.45, 7) is 0. The molecule has 0 aliphatic heterocycles. The van der Waals surface area contributed by atoms with Crippen molar-refractivity contribution < 1.29 is 13.6 Å². The van der Waals surface area contributed by atoms with E-state index in [0.717, 1.165) is 12.1 Å². The number of amides is 1. The van der Waals surface area contributed by atoms with Crippen LogP contribution in [0.3, 0.4) is 0 Å². The molecule has 3 rings (SSSR count). The molecule has 132 valence electrons. The van der Waals surface area contributed by atoms with E-state index in [1.807, 2.05) is 0 Å². The van der Waals surface area contributed by atoms with Crippen molar-refractivity contribution in [1.29, 1.82) is 0 Å². The Labute approximate surface area is 157 Å². The van der Waals surface area contributed by atoms with Crippen LogP contribution in [0.2, 0.25) is 10.0 Å². The van der Waals surface area contributed by atoms with Gasteiger partial charge in [0.25, 0.3) is 5.91 Å². The van der Waals surface area contributed by atoms with Crippen molar-refractivity contribution in [3.63, 3.8) is 0 Å². The summed E-state index contributed by atoms with van der Waals surface area (Å²) in [4.78, 5) is 20.1. The number of benzene rings is 2. The minimum atomic E-state index is -0.885. The molecule has 0 saturated heterocycles. The van der Waals surface area contributed by atoms with Gasteiger partial charge < -0.3 is 10.6 Å². The van der Waals surface area contributed by atoms with Crippen molar-refractivity contribution in [3.05, 3.63) is 76.2 Å². The van der Waals surface area contributed by atoms with Gasteiger partial charge in [-0.25, -0.2) is 18.7 Å². The zero-order chi connectivity index (χ0) is 18.7. The number of carbonyl (C=O) groups is 1. The van der Waals surface area contributed by atoms with Gasteiger partial charge in [-0.15, -0.1) is 0 Å². The minimum Gasteiger partial charge on any atom is -0.339 e. The zero-order valence-electron chi connectivity index (χ0n) is 12.9. The fourth-order valence-electron chi connectivity index (χ4n) is 2.01. The Balaban J connectivity index is 1.70. The zero-order valence-corrected chi connectivity index (χ0v) is 14.4. The molecule has 1 aromatic heterocycles. The van der Waals surface area contributed by atoms with Gasteiger partial charge in [-0.1, -0.05) is 23.2 Å². The summed E-state index contributed by atoms with van der Waals surface area (Å²) >= 11 is 11.8. The van der Waals surface area contributed by atoms with Crippen LogP contribution >= 0.6 is 23.2 Å². The summed E-state index contributed by atoms with van der Waals surface area (Å²) in [5.74, 6) is -1.93. The maximum atomic E-state index is 13.6. The molecule has 2 aromatic carbocycles. The van der Waals surface area contributed by atoms with Crippen LogP contribution in [-0.2, 0) is 0 Å². The third-order valence-electron chi connectivity index (χ3n) is 3.26. The Hall–Kier alpha value is -2.77. The lowest BCUT2D eigenvalue weighted by atomic mass is 10.3. The van der Waals surface area contributed by atoms with Crippen LogP contribution in [0, 0.1) is 11.6 Å². The van der Waals surface area contributed by atoms with Crippen molar-refractivity contribution in [1.82, 2.24) is 9.97 Å². The van der Waals surface area contributed by atoms with Gasteiger partial charge in [0.15, 0.2) is 0 Å². The number of carbonyl (C=O) groups excluding carboxylic acids is 1. The van der Waals surface area contributed by atoms with Gasteiger partial charge in [-0.3, -0.25) is 4.79 Å². The van der Waals surface area contributed by atoms with Crippen molar-refractivity contribution in [2.75, 3.05) is 10.6 Å². The lowest BCUT2D eigenvalue weighted by molar-refractivity contribution is 0.102. The Morgan fingerprint density at radius 3 is 2.42 bits per heavy atom. The SMILES string of the molecule is O=C(Nc1ccc(F)cc1F)c1cnc(Nc2ccc(Cl)c(Cl)c2)cn1. The molecule has 0 atom stereocenters. The third-order valence-corrected chi connectivity index (χ3v) is 3.99. The summed E-state index contributed by atoms with van der Waals surface area (Å²) in [6.07, 6.45) is 2.55. The average molecular weight is 395 g/mol. The molecule has 0 radical (unpaired) electrons. The van der Waals surface area contributed by atoms with E-state index < -0.39 is 17.5 Å². The van der Waals surface area contributed by atoms with Crippen LogP contribution in [0.4, 0.5) is 26.0 Å². The minimum absolute atomic E-state index is 0.0339. The van der Waals surface area contributed by atoms with Crippen LogP contribution in [-0.4, -0.2) is 15.9 Å². The highest BCUT2D eigenvalue weighted by atomic mass is 35.5. The van der Waals surface area contributed by atoms with Crippen LogP contribution in [0.1, 0.15) is 10.5 Å². The van der Waals surface area contributed by atoms with E-state index in [0.29, 0.717) is 27.6 Å². The highest BCUT2D eigenvalue weighted by Gasteiger charge is 2.12. The summed E-state index contributed by atoms with van der Waals surface area (Å²) in [7, 11) is 0. The molecule has 0 spiro atoms. The number of rotatable bonds is 4. The maximum Gasteiger partial charge on any atom is 0.275 e. The molecular formula is C17H10Cl2F2N4O. The summed E-state index contributed by atoms with van der Waals surface area (Å²) in [6, 6.07) is 7.77. The van der Waals surface area contributed by atoms with Gasteiger partial charge in [0, 0.05) is 11.8 Å². The van der Waals surface area contributed by atoms with Gasteiger partial charge in [-0.2, -0.15) is 0 Å². The second-order valence-electron chi connectivity index (χ2n) is 5.12. The largest absolute Gasteiger partial charge is 0.339 e. The maximum absolute atomic E-state index is 13.6. The Bertz CT molecular complexity index is 967. The smallest absolute Gasteiger partial charge is 0.275 e. The summed E-state index contributed by atoms with van der Waals surface area (Å²) in [5, 5.41) is 6.05. The fraction of sp³-hybridized carbons (Fsp3) is 0. The quantitative estimate of drug-likeness (QED) is 0.648. The first-order valence-corrected chi connectivity index (χ1v) is 7.98. The molecule has 1 amide bonds. The van der Waals surface area contributed by atoms with Crippen LogP contribution in [0.5, 0.6) is 0 Å². The first-order chi connectivity index (χ1) is 12.4. The molecule has 9 heteroatoms. The second kappa shape index (κ2) is 7.63. The Morgan fingerprint density at radius 1 is 0.962 bits per heavy atom. The van der Waals surface area contributed by atoms with Crippen molar-refractivity contribution in [2.45, 2.75) is 0 Å². The molecule has 26 heavy (non-hydrogen) atoms. The number of hydrogen-bond donors (Lipinski definition) is 2. The predicted octanol–water partition coefficient (Wildman–Crippen LogP) is 5.06. The van der Waals surface area contributed by atoms with Crippen molar-refractivity contribution >= 4 is 46.3 Å². The molecule has 0 aliphatic rings. The first-order valence-electron chi connectivity index (χ1n) is 7.23. The molecule has 5 nitrogen and oxygen atoms in total. The average Bonchev–Trinajstić information content (AvgIpc) is 2.61.